The molecule has 3 aromatic rings. The van der Waals surface area contributed by atoms with Crippen LogP contribution in [0.4, 0.5) is 4.39 Å². The predicted molar refractivity (Wildman–Crippen MR) is 88.8 cm³/mol. The van der Waals surface area contributed by atoms with Gasteiger partial charge in [0.05, 0.1) is 23.2 Å². The summed E-state index contributed by atoms with van der Waals surface area (Å²) in [6.45, 7) is 0.575. The Hall–Kier alpha value is -3.15. The number of ether oxygens (including phenoxy) is 1. The summed E-state index contributed by atoms with van der Waals surface area (Å²) < 4.78 is 17.6. The van der Waals surface area contributed by atoms with E-state index in [0.29, 0.717) is 35.1 Å². The first kappa shape index (κ1) is 15.7. The van der Waals surface area contributed by atoms with Crippen LogP contribution in [-0.2, 0) is 16.0 Å². The first-order valence-corrected chi connectivity index (χ1v) is 7.37. The Morgan fingerprint density at radius 1 is 1.17 bits per heavy atom. The SMILES string of the molecule is O=COCCc1ccc2[nH]nc(/C=C/c3ccc(F)cc3)c2c1O. The van der Waals surface area contributed by atoms with Crippen LogP contribution in [0.15, 0.2) is 36.4 Å². The number of benzene rings is 2. The van der Waals surface area contributed by atoms with E-state index < -0.39 is 0 Å². The molecule has 0 aliphatic carbocycles. The van der Waals surface area contributed by atoms with Gasteiger partial charge < -0.3 is 9.84 Å². The number of H-pyrrole nitrogens is 1. The Kier molecular flexibility index (Phi) is 4.56. The third-order valence-corrected chi connectivity index (χ3v) is 3.68. The zero-order chi connectivity index (χ0) is 16.9. The van der Waals surface area contributed by atoms with E-state index in [1.54, 1.807) is 30.4 Å². The van der Waals surface area contributed by atoms with Gasteiger partial charge >= 0.3 is 0 Å². The van der Waals surface area contributed by atoms with Crippen molar-refractivity contribution in [2.24, 2.45) is 0 Å². The second-order valence-electron chi connectivity index (χ2n) is 5.21. The number of rotatable bonds is 6. The van der Waals surface area contributed by atoms with Crippen molar-refractivity contribution in [2.75, 3.05) is 6.61 Å². The molecule has 0 fully saturated rings. The molecule has 24 heavy (non-hydrogen) atoms. The number of nitrogens with zero attached hydrogens (tertiary/aromatic N) is 1. The number of phenols is 1. The number of hydrogen-bond acceptors (Lipinski definition) is 4. The number of aromatic nitrogens is 2. The number of halogens is 1. The summed E-state index contributed by atoms with van der Waals surface area (Å²) in [5, 5.41) is 18.1. The number of carbonyl (C=O) groups is 1. The molecule has 6 heteroatoms. The Balaban J connectivity index is 1.91. The lowest BCUT2D eigenvalue weighted by molar-refractivity contribution is -0.128. The zero-order valence-corrected chi connectivity index (χ0v) is 12.7. The monoisotopic (exact) mass is 326 g/mol. The largest absolute Gasteiger partial charge is 0.507 e. The molecule has 1 heterocycles. The fourth-order valence-corrected chi connectivity index (χ4v) is 2.45. The highest BCUT2D eigenvalue weighted by Gasteiger charge is 2.12. The van der Waals surface area contributed by atoms with Crippen LogP contribution in [0.5, 0.6) is 5.75 Å². The van der Waals surface area contributed by atoms with Crippen LogP contribution in [0, 0.1) is 5.82 Å². The number of aromatic amines is 1. The topological polar surface area (TPSA) is 75.2 Å². The van der Waals surface area contributed by atoms with Crippen molar-refractivity contribution in [3.63, 3.8) is 0 Å². The Bertz CT molecular complexity index is 885. The average molecular weight is 326 g/mol. The molecule has 0 amide bonds. The standard InChI is InChI=1S/C18H15FN2O3/c19-14-5-1-12(2-6-14)3-7-15-17-16(21-20-15)8-4-13(18(17)23)9-10-24-11-22/h1-8,11,23H,9-10H2,(H,20,21)/b7-3+. The Morgan fingerprint density at radius 3 is 2.71 bits per heavy atom. The fraction of sp³-hybridized carbons (Fsp3) is 0.111. The highest BCUT2D eigenvalue weighted by molar-refractivity contribution is 5.94. The highest BCUT2D eigenvalue weighted by Crippen LogP contribution is 2.31. The summed E-state index contributed by atoms with van der Waals surface area (Å²) in [5.74, 6) is -0.188. The molecule has 0 saturated heterocycles. The Morgan fingerprint density at radius 2 is 1.96 bits per heavy atom. The molecule has 3 rings (SSSR count). The van der Waals surface area contributed by atoms with Crippen molar-refractivity contribution in [3.05, 3.63) is 59.0 Å². The molecule has 1 aromatic heterocycles. The lowest BCUT2D eigenvalue weighted by Gasteiger charge is -2.05. The minimum atomic E-state index is -0.294. The highest BCUT2D eigenvalue weighted by atomic mass is 19.1. The van der Waals surface area contributed by atoms with Gasteiger partial charge in [0.15, 0.2) is 0 Å². The second kappa shape index (κ2) is 6.95. The minimum absolute atomic E-state index is 0.106. The minimum Gasteiger partial charge on any atom is -0.507 e. The summed E-state index contributed by atoms with van der Waals surface area (Å²) in [7, 11) is 0. The molecule has 2 aromatic carbocycles. The number of aromatic hydroxyl groups is 1. The first-order valence-electron chi connectivity index (χ1n) is 7.37. The normalized spacial score (nSPS) is 11.2. The predicted octanol–water partition coefficient (Wildman–Crippen LogP) is 3.29. The van der Waals surface area contributed by atoms with Gasteiger partial charge in [-0.25, -0.2) is 4.39 Å². The van der Waals surface area contributed by atoms with Gasteiger partial charge in [-0.1, -0.05) is 24.3 Å². The smallest absolute Gasteiger partial charge is 0.293 e. The average Bonchev–Trinajstić information content (AvgIpc) is 3.00. The van der Waals surface area contributed by atoms with Crippen LogP contribution >= 0.6 is 0 Å². The van der Waals surface area contributed by atoms with E-state index in [0.717, 1.165) is 5.56 Å². The molecule has 2 N–H and O–H groups in total. The third-order valence-electron chi connectivity index (χ3n) is 3.68. The van der Waals surface area contributed by atoms with E-state index in [1.807, 2.05) is 6.07 Å². The molecule has 0 aliphatic heterocycles. The molecule has 0 aliphatic rings. The maximum atomic E-state index is 12.9. The zero-order valence-electron chi connectivity index (χ0n) is 12.7. The van der Waals surface area contributed by atoms with Crippen molar-refractivity contribution in [2.45, 2.75) is 6.42 Å². The van der Waals surface area contributed by atoms with E-state index >= 15 is 0 Å². The van der Waals surface area contributed by atoms with Gasteiger partial charge in [-0.2, -0.15) is 5.10 Å². The van der Waals surface area contributed by atoms with Gasteiger partial charge in [0, 0.05) is 6.42 Å². The summed E-state index contributed by atoms with van der Waals surface area (Å²) in [6, 6.07) is 9.65. The first-order chi connectivity index (χ1) is 11.7. The van der Waals surface area contributed by atoms with Crippen molar-refractivity contribution in [1.82, 2.24) is 10.2 Å². The molecule has 0 saturated carbocycles. The number of nitrogens with one attached hydrogen (secondary N) is 1. The van der Waals surface area contributed by atoms with E-state index in [4.69, 9.17) is 0 Å². The van der Waals surface area contributed by atoms with Gasteiger partial charge in [-0.3, -0.25) is 9.89 Å². The molecule has 0 bridgehead atoms. The van der Waals surface area contributed by atoms with Crippen LogP contribution in [0.2, 0.25) is 0 Å². The summed E-state index contributed by atoms with van der Waals surface area (Å²) in [4.78, 5) is 10.2. The molecule has 0 radical (unpaired) electrons. The van der Waals surface area contributed by atoms with Crippen molar-refractivity contribution >= 4 is 29.5 Å². The number of carbonyl (C=O) groups excluding carboxylic acids is 1. The van der Waals surface area contributed by atoms with Crippen molar-refractivity contribution < 1.29 is 19.0 Å². The summed E-state index contributed by atoms with van der Waals surface area (Å²) in [6.07, 6.45) is 3.95. The quantitative estimate of drug-likeness (QED) is 0.538. The number of phenolic OH excluding ortho intramolecular Hbond substituents is 1. The Labute approximate surface area is 137 Å². The van der Waals surface area contributed by atoms with Crippen LogP contribution in [0.25, 0.3) is 23.1 Å². The third kappa shape index (κ3) is 3.27. The molecule has 5 nitrogen and oxygen atoms in total. The van der Waals surface area contributed by atoms with Crippen molar-refractivity contribution in [3.8, 4) is 5.75 Å². The van der Waals surface area contributed by atoms with Gasteiger partial charge in [0.2, 0.25) is 0 Å². The van der Waals surface area contributed by atoms with E-state index in [-0.39, 0.29) is 18.2 Å². The molecule has 0 atom stereocenters. The summed E-state index contributed by atoms with van der Waals surface area (Å²) in [5.41, 5.74) is 2.76. The van der Waals surface area contributed by atoms with Crippen molar-refractivity contribution in [1.29, 1.82) is 0 Å². The van der Waals surface area contributed by atoms with E-state index in [9.17, 15) is 14.3 Å². The van der Waals surface area contributed by atoms with Crippen LogP contribution in [-0.4, -0.2) is 28.4 Å². The van der Waals surface area contributed by atoms with Crippen LogP contribution < -0.4 is 0 Å². The number of hydrogen-bond donors (Lipinski definition) is 2. The summed E-state index contributed by atoms with van der Waals surface area (Å²) >= 11 is 0. The maximum Gasteiger partial charge on any atom is 0.293 e. The van der Waals surface area contributed by atoms with Gasteiger partial charge in [-0.15, -0.1) is 0 Å². The second-order valence-corrected chi connectivity index (χ2v) is 5.21. The van der Waals surface area contributed by atoms with Gasteiger partial charge in [-0.05, 0) is 35.4 Å². The molecule has 0 unspecified atom stereocenters. The molecule has 0 spiro atoms. The lowest BCUT2D eigenvalue weighted by Crippen LogP contribution is -1.97. The fourth-order valence-electron chi connectivity index (χ4n) is 2.45. The lowest BCUT2D eigenvalue weighted by atomic mass is 10.1. The van der Waals surface area contributed by atoms with E-state index in [1.165, 1.54) is 12.1 Å². The number of fused-ring (bicyclic) bond motifs is 1. The van der Waals surface area contributed by atoms with Gasteiger partial charge in [0.25, 0.3) is 6.47 Å². The van der Waals surface area contributed by atoms with E-state index in [2.05, 4.69) is 14.9 Å². The van der Waals surface area contributed by atoms with Crippen LogP contribution in [0.3, 0.4) is 0 Å². The molecular formula is C18H15FN2O3. The maximum absolute atomic E-state index is 12.9. The molecular weight excluding hydrogens is 311 g/mol. The van der Waals surface area contributed by atoms with Crippen LogP contribution in [0.1, 0.15) is 16.8 Å². The molecule has 122 valence electrons. The van der Waals surface area contributed by atoms with Gasteiger partial charge in [0.1, 0.15) is 11.6 Å².